The first-order valence-corrected chi connectivity index (χ1v) is 4.96. The standard InChI is InChI=1S/C11H13FN2O/c1-2-8-6-15-11(14-8)9-5-7(12)3-4-10(9)13/h3-5,8H,2,6,13H2,1H3/t8-/m1/s1. The van der Waals surface area contributed by atoms with E-state index in [9.17, 15) is 4.39 Å². The fraction of sp³-hybridized carbons (Fsp3) is 0.364. The Morgan fingerprint density at radius 2 is 2.40 bits per heavy atom. The molecule has 0 spiro atoms. The highest BCUT2D eigenvalue weighted by molar-refractivity contribution is 5.99. The summed E-state index contributed by atoms with van der Waals surface area (Å²) in [5, 5.41) is 0. The number of halogens is 1. The molecule has 15 heavy (non-hydrogen) atoms. The Bertz CT molecular complexity index is 404. The van der Waals surface area contributed by atoms with Gasteiger partial charge in [0.25, 0.3) is 0 Å². The van der Waals surface area contributed by atoms with Crippen LogP contribution in [0.15, 0.2) is 23.2 Å². The molecule has 1 aliphatic rings. The van der Waals surface area contributed by atoms with Crippen LogP contribution in [0.1, 0.15) is 18.9 Å². The van der Waals surface area contributed by atoms with Crippen LogP contribution in [0.4, 0.5) is 10.1 Å². The number of nitrogen functional groups attached to an aromatic ring is 1. The Kier molecular flexibility index (Phi) is 2.58. The van der Waals surface area contributed by atoms with E-state index in [1.807, 2.05) is 6.92 Å². The number of benzene rings is 1. The second kappa shape index (κ2) is 3.88. The second-order valence-electron chi connectivity index (χ2n) is 3.54. The van der Waals surface area contributed by atoms with E-state index in [1.165, 1.54) is 18.2 Å². The molecular weight excluding hydrogens is 195 g/mol. The Labute approximate surface area is 87.8 Å². The SMILES string of the molecule is CC[C@@H]1COC(c2cc(F)ccc2N)=N1. The monoisotopic (exact) mass is 208 g/mol. The number of rotatable bonds is 2. The summed E-state index contributed by atoms with van der Waals surface area (Å²) in [6.07, 6.45) is 0.915. The minimum atomic E-state index is -0.328. The number of anilines is 1. The van der Waals surface area contributed by atoms with Crippen LogP contribution < -0.4 is 5.73 Å². The first-order valence-electron chi connectivity index (χ1n) is 4.96. The lowest BCUT2D eigenvalue weighted by molar-refractivity contribution is 0.315. The molecule has 0 aromatic heterocycles. The molecule has 1 heterocycles. The molecule has 0 saturated heterocycles. The molecule has 2 N–H and O–H groups in total. The first kappa shape index (κ1) is 9.96. The molecule has 0 amide bonds. The lowest BCUT2D eigenvalue weighted by atomic mass is 10.2. The van der Waals surface area contributed by atoms with Crippen LogP contribution in [-0.2, 0) is 4.74 Å². The topological polar surface area (TPSA) is 47.6 Å². The highest BCUT2D eigenvalue weighted by Crippen LogP contribution is 2.19. The molecule has 1 atom stereocenters. The van der Waals surface area contributed by atoms with Gasteiger partial charge in [-0.25, -0.2) is 9.38 Å². The summed E-state index contributed by atoms with van der Waals surface area (Å²) in [6, 6.07) is 4.37. The number of hydrogen-bond donors (Lipinski definition) is 1. The Balaban J connectivity index is 2.34. The van der Waals surface area contributed by atoms with E-state index >= 15 is 0 Å². The molecule has 3 nitrogen and oxygen atoms in total. The van der Waals surface area contributed by atoms with Gasteiger partial charge in [0.15, 0.2) is 0 Å². The third-order valence-corrected chi connectivity index (χ3v) is 2.43. The zero-order valence-electron chi connectivity index (χ0n) is 8.53. The number of nitrogens with two attached hydrogens (primary N) is 1. The predicted molar refractivity (Wildman–Crippen MR) is 57.4 cm³/mol. The Hall–Kier alpha value is -1.58. The zero-order valence-corrected chi connectivity index (χ0v) is 8.53. The van der Waals surface area contributed by atoms with Gasteiger partial charge in [-0.2, -0.15) is 0 Å². The van der Waals surface area contributed by atoms with Crippen LogP contribution in [0.5, 0.6) is 0 Å². The van der Waals surface area contributed by atoms with Gasteiger partial charge in [-0.3, -0.25) is 0 Å². The lowest BCUT2D eigenvalue weighted by Gasteiger charge is -2.04. The van der Waals surface area contributed by atoms with E-state index in [2.05, 4.69) is 4.99 Å². The predicted octanol–water partition coefficient (Wildman–Crippen LogP) is 1.96. The molecule has 80 valence electrons. The van der Waals surface area contributed by atoms with Crippen molar-refractivity contribution in [1.82, 2.24) is 0 Å². The largest absolute Gasteiger partial charge is 0.475 e. The van der Waals surface area contributed by atoms with Crippen molar-refractivity contribution in [2.24, 2.45) is 4.99 Å². The van der Waals surface area contributed by atoms with Gasteiger partial charge >= 0.3 is 0 Å². The molecule has 0 saturated carbocycles. The van der Waals surface area contributed by atoms with Crippen molar-refractivity contribution in [2.75, 3.05) is 12.3 Å². The smallest absolute Gasteiger partial charge is 0.218 e. The van der Waals surface area contributed by atoms with Crippen molar-refractivity contribution in [1.29, 1.82) is 0 Å². The van der Waals surface area contributed by atoms with Gasteiger partial charge in [-0.15, -0.1) is 0 Å². The first-order chi connectivity index (χ1) is 7.20. The van der Waals surface area contributed by atoms with Crippen LogP contribution in [-0.4, -0.2) is 18.5 Å². The fourth-order valence-electron chi connectivity index (χ4n) is 1.49. The highest BCUT2D eigenvalue weighted by Gasteiger charge is 2.20. The molecule has 4 heteroatoms. The van der Waals surface area contributed by atoms with Gasteiger partial charge in [-0.05, 0) is 24.6 Å². The summed E-state index contributed by atoms with van der Waals surface area (Å²) in [6.45, 7) is 2.59. The van der Waals surface area contributed by atoms with E-state index in [-0.39, 0.29) is 11.9 Å². The van der Waals surface area contributed by atoms with Crippen molar-refractivity contribution < 1.29 is 9.13 Å². The quantitative estimate of drug-likeness (QED) is 0.755. The molecule has 0 fully saturated rings. The van der Waals surface area contributed by atoms with Crippen molar-refractivity contribution >= 4 is 11.6 Å². The van der Waals surface area contributed by atoms with E-state index in [0.717, 1.165) is 6.42 Å². The van der Waals surface area contributed by atoms with Gasteiger partial charge in [0.2, 0.25) is 5.90 Å². The summed E-state index contributed by atoms with van der Waals surface area (Å²) in [7, 11) is 0. The molecule has 0 aliphatic carbocycles. The van der Waals surface area contributed by atoms with Crippen LogP contribution in [0.3, 0.4) is 0 Å². The number of aliphatic imine (C=N–C) groups is 1. The van der Waals surface area contributed by atoms with E-state index in [4.69, 9.17) is 10.5 Å². The van der Waals surface area contributed by atoms with Crippen LogP contribution >= 0.6 is 0 Å². The Morgan fingerprint density at radius 3 is 3.07 bits per heavy atom. The lowest BCUT2D eigenvalue weighted by Crippen LogP contribution is -2.06. The number of ether oxygens (including phenoxy) is 1. The van der Waals surface area contributed by atoms with Gasteiger partial charge < -0.3 is 10.5 Å². The summed E-state index contributed by atoms with van der Waals surface area (Å²) in [5.74, 6) is 0.129. The molecule has 1 aromatic rings. The summed E-state index contributed by atoms with van der Waals surface area (Å²) >= 11 is 0. The molecule has 1 aliphatic heterocycles. The number of nitrogens with zero attached hydrogens (tertiary/aromatic N) is 1. The van der Waals surface area contributed by atoms with Crippen molar-refractivity contribution in [3.8, 4) is 0 Å². The average molecular weight is 208 g/mol. The van der Waals surface area contributed by atoms with Crippen molar-refractivity contribution in [3.63, 3.8) is 0 Å². The molecule has 0 bridgehead atoms. The molecular formula is C11H13FN2O. The summed E-state index contributed by atoms with van der Waals surface area (Å²) in [5.41, 5.74) is 6.77. The maximum atomic E-state index is 13.0. The van der Waals surface area contributed by atoms with Gasteiger partial charge in [0.1, 0.15) is 12.4 Å². The molecule has 0 unspecified atom stereocenters. The summed E-state index contributed by atoms with van der Waals surface area (Å²) < 4.78 is 18.4. The third-order valence-electron chi connectivity index (χ3n) is 2.43. The van der Waals surface area contributed by atoms with Crippen LogP contribution in [0.2, 0.25) is 0 Å². The van der Waals surface area contributed by atoms with Crippen LogP contribution in [0, 0.1) is 5.82 Å². The van der Waals surface area contributed by atoms with E-state index in [1.54, 1.807) is 0 Å². The van der Waals surface area contributed by atoms with Gasteiger partial charge in [0, 0.05) is 5.69 Å². The number of hydrogen-bond acceptors (Lipinski definition) is 3. The third kappa shape index (κ3) is 1.93. The minimum Gasteiger partial charge on any atom is -0.475 e. The fourth-order valence-corrected chi connectivity index (χ4v) is 1.49. The van der Waals surface area contributed by atoms with Gasteiger partial charge in [-0.1, -0.05) is 6.92 Å². The average Bonchev–Trinajstić information content (AvgIpc) is 2.70. The highest BCUT2D eigenvalue weighted by atomic mass is 19.1. The van der Waals surface area contributed by atoms with Crippen molar-refractivity contribution in [3.05, 3.63) is 29.6 Å². The molecule has 2 rings (SSSR count). The minimum absolute atomic E-state index is 0.169. The Morgan fingerprint density at radius 1 is 1.60 bits per heavy atom. The normalized spacial score (nSPS) is 19.9. The summed E-state index contributed by atoms with van der Waals surface area (Å²) in [4.78, 5) is 4.33. The maximum Gasteiger partial charge on any atom is 0.218 e. The maximum absolute atomic E-state index is 13.0. The van der Waals surface area contributed by atoms with Crippen LogP contribution in [0.25, 0.3) is 0 Å². The van der Waals surface area contributed by atoms with Gasteiger partial charge in [0.05, 0.1) is 11.6 Å². The van der Waals surface area contributed by atoms with E-state index in [0.29, 0.717) is 23.8 Å². The molecule has 1 aromatic carbocycles. The molecule has 0 radical (unpaired) electrons. The zero-order chi connectivity index (χ0) is 10.8. The van der Waals surface area contributed by atoms with E-state index < -0.39 is 0 Å². The van der Waals surface area contributed by atoms with Crippen molar-refractivity contribution in [2.45, 2.75) is 19.4 Å². The second-order valence-corrected chi connectivity index (χ2v) is 3.54.